The molecule has 0 radical (unpaired) electrons. The van der Waals surface area contributed by atoms with Crippen LogP contribution >= 0.6 is 11.6 Å². The van der Waals surface area contributed by atoms with E-state index >= 15 is 4.39 Å². The summed E-state index contributed by atoms with van der Waals surface area (Å²) in [7, 11) is 1.19. The molecule has 1 unspecified atom stereocenters. The Morgan fingerprint density at radius 3 is 2.37 bits per heavy atom. The van der Waals surface area contributed by atoms with Gasteiger partial charge in [0.15, 0.2) is 0 Å². The van der Waals surface area contributed by atoms with Crippen LogP contribution in [0.5, 0.6) is 5.75 Å². The summed E-state index contributed by atoms with van der Waals surface area (Å²) < 4.78 is 62.5. The lowest BCUT2D eigenvalue weighted by Crippen LogP contribution is -2.52. The Balaban J connectivity index is 1.82. The van der Waals surface area contributed by atoms with Crippen molar-refractivity contribution in [1.29, 1.82) is 0 Å². The fraction of sp³-hybridized carbons (Fsp3) is 0.192. The van der Waals surface area contributed by atoms with Crippen molar-refractivity contribution >= 4 is 35.2 Å². The number of rotatable bonds is 6. The number of halogens is 5. The molecule has 2 N–H and O–H groups in total. The SMILES string of the molecule is COc1ccc(Cl)cc1[C@]1(F)C(=O)N(C(=O)NC(Cc2ccccc2)C(=O)O)c2cc(C(F)(F)F)ccc21. The number of imide groups is 1. The summed E-state index contributed by atoms with van der Waals surface area (Å²) in [6.07, 6.45) is -5.09. The van der Waals surface area contributed by atoms with E-state index in [1.165, 1.54) is 19.2 Å². The number of nitrogens with one attached hydrogen (secondary N) is 1. The van der Waals surface area contributed by atoms with Crippen molar-refractivity contribution in [2.45, 2.75) is 24.3 Å². The van der Waals surface area contributed by atoms with Crippen LogP contribution in [0.3, 0.4) is 0 Å². The minimum Gasteiger partial charge on any atom is -0.496 e. The third-order valence-electron chi connectivity index (χ3n) is 6.05. The van der Waals surface area contributed by atoms with Crippen molar-refractivity contribution in [2.75, 3.05) is 12.0 Å². The first-order valence-electron chi connectivity index (χ1n) is 11.0. The molecular weight excluding hydrogens is 532 g/mol. The fourth-order valence-electron chi connectivity index (χ4n) is 4.24. The summed E-state index contributed by atoms with van der Waals surface area (Å²) in [5, 5.41) is 11.8. The van der Waals surface area contributed by atoms with Gasteiger partial charge in [0.2, 0.25) is 5.67 Å². The van der Waals surface area contributed by atoms with E-state index in [1.807, 2.05) is 0 Å². The van der Waals surface area contributed by atoms with Gasteiger partial charge in [-0.2, -0.15) is 13.2 Å². The van der Waals surface area contributed by atoms with E-state index in [2.05, 4.69) is 5.32 Å². The zero-order valence-electron chi connectivity index (χ0n) is 19.6. The average Bonchev–Trinajstić information content (AvgIpc) is 3.10. The van der Waals surface area contributed by atoms with Gasteiger partial charge in [0.25, 0.3) is 5.91 Å². The van der Waals surface area contributed by atoms with Crippen molar-refractivity contribution in [3.63, 3.8) is 0 Å². The molecule has 198 valence electrons. The molecule has 0 aromatic heterocycles. The number of anilines is 1. The fourth-order valence-corrected chi connectivity index (χ4v) is 4.41. The number of benzene rings is 3. The van der Waals surface area contributed by atoms with Crippen LogP contribution in [0.25, 0.3) is 0 Å². The number of hydrogen-bond acceptors (Lipinski definition) is 4. The van der Waals surface area contributed by atoms with Crippen molar-refractivity contribution in [3.05, 3.63) is 94.0 Å². The Labute approximate surface area is 218 Å². The van der Waals surface area contributed by atoms with Crippen molar-refractivity contribution < 1.29 is 41.8 Å². The molecule has 0 saturated heterocycles. The lowest BCUT2D eigenvalue weighted by molar-refractivity contribution is -0.139. The highest BCUT2D eigenvalue weighted by molar-refractivity contribution is 6.31. The second-order valence-corrected chi connectivity index (χ2v) is 8.84. The number of carboxylic acids is 1. The quantitative estimate of drug-likeness (QED) is 0.404. The molecule has 3 amide bonds. The Bertz CT molecular complexity index is 1420. The standard InChI is InChI=1S/C26H19ClF4N2O5/c1-38-21-10-8-16(27)13-18(21)25(28)17-9-7-15(26(29,30)31)12-20(17)33(23(25)36)24(37)32-19(22(34)35)11-14-5-3-2-4-6-14/h2-10,12-13,19H,11H2,1H3,(H,32,37)(H,34,35)/t19?,25-/m0/s1. The van der Waals surface area contributed by atoms with Crippen molar-refractivity contribution in [2.24, 2.45) is 0 Å². The van der Waals surface area contributed by atoms with Crippen LogP contribution in [0.2, 0.25) is 5.02 Å². The molecular formula is C26H19ClF4N2O5. The summed E-state index contributed by atoms with van der Waals surface area (Å²) in [5.41, 5.74) is -5.60. The molecule has 38 heavy (non-hydrogen) atoms. The van der Waals surface area contributed by atoms with Gasteiger partial charge in [-0.1, -0.05) is 48.0 Å². The third kappa shape index (κ3) is 4.76. The van der Waals surface area contributed by atoms with Gasteiger partial charge >= 0.3 is 18.2 Å². The maximum atomic E-state index is 16.8. The molecule has 2 atom stereocenters. The molecule has 0 aliphatic carbocycles. The van der Waals surface area contributed by atoms with E-state index in [9.17, 15) is 32.7 Å². The first-order valence-corrected chi connectivity index (χ1v) is 11.4. The summed E-state index contributed by atoms with van der Waals surface area (Å²) in [6.45, 7) is 0. The number of methoxy groups -OCH3 is 1. The summed E-state index contributed by atoms with van der Waals surface area (Å²) in [4.78, 5) is 38.8. The van der Waals surface area contributed by atoms with Crippen LogP contribution in [0.4, 0.5) is 28.0 Å². The van der Waals surface area contributed by atoms with Gasteiger partial charge in [-0.05, 0) is 35.9 Å². The molecule has 0 spiro atoms. The van der Waals surface area contributed by atoms with Crippen LogP contribution in [-0.4, -0.2) is 36.2 Å². The molecule has 3 aromatic rings. The summed E-state index contributed by atoms with van der Waals surface area (Å²) in [6, 6.07) is 10.7. The van der Waals surface area contributed by atoms with E-state index < -0.39 is 58.2 Å². The number of carbonyl (C=O) groups is 3. The number of alkyl halides is 4. The van der Waals surface area contributed by atoms with E-state index in [4.69, 9.17) is 16.3 Å². The Morgan fingerprint density at radius 2 is 1.76 bits per heavy atom. The van der Waals surface area contributed by atoms with Gasteiger partial charge in [-0.15, -0.1) is 0 Å². The van der Waals surface area contributed by atoms with Crippen LogP contribution in [-0.2, 0) is 27.9 Å². The topological polar surface area (TPSA) is 95.9 Å². The number of nitrogens with zero attached hydrogens (tertiary/aromatic N) is 1. The molecule has 1 aliphatic rings. The zero-order valence-corrected chi connectivity index (χ0v) is 20.3. The van der Waals surface area contributed by atoms with Gasteiger partial charge in [-0.25, -0.2) is 18.9 Å². The molecule has 1 heterocycles. The maximum Gasteiger partial charge on any atom is 0.416 e. The largest absolute Gasteiger partial charge is 0.496 e. The normalized spacial score (nSPS) is 17.6. The highest BCUT2D eigenvalue weighted by Gasteiger charge is 2.57. The smallest absolute Gasteiger partial charge is 0.416 e. The van der Waals surface area contributed by atoms with Crippen molar-refractivity contribution in [3.8, 4) is 5.75 Å². The molecule has 0 fully saturated rings. The zero-order chi connectivity index (χ0) is 27.8. The minimum atomic E-state index is -4.88. The summed E-state index contributed by atoms with van der Waals surface area (Å²) >= 11 is 6.01. The number of aliphatic carboxylic acids is 1. The predicted molar refractivity (Wildman–Crippen MR) is 129 cm³/mol. The van der Waals surface area contributed by atoms with Crippen LogP contribution in [0, 0.1) is 0 Å². The first-order chi connectivity index (χ1) is 17.9. The van der Waals surface area contributed by atoms with Gasteiger partial charge in [0.1, 0.15) is 11.8 Å². The second kappa shape index (κ2) is 9.97. The van der Waals surface area contributed by atoms with E-state index in [-0.39, 0.29) is 22.1 Å². The van der Waals surface area contributed by atoms with Gasteiger partial charge in [-0.3, -0.25) is 4.79 Å². The minimum absolute atomic E-state index is 0.00390. The van der Waals surface area contributed by atoms with Crippen LogP contribution < -0.4 is 15.0 Å². The molecule has 0 saturated carbocycles. The maximum absolute atomic E-state index is 16.8. The highest BCUT2D eigenvalue weighted by Crippen LogP contribution is 2.51. The number of hydrogen-bond donors (Lipinski definition) is 2. The Hall–Kier alpha value is -4.12. The molecule has 12 heteroatoms. The number of fused-ring (bicyclic) bond motifs is 1. The predicted octanol–water partition coefficient (Wildman–Crippen LogP) is 5.33. The summed E-state index contributed by atoms with van der Waals surface area (Å²) in [5.74, 6) is -3.18. The van der Waals surface area contributed by atoms with Crippen LogP contribution in [0.15, 0.2) is 66.7 Å². The van der Waals surface area contributed by atoms with E-state index in [0.29, 0.717) is 17.7 Å². The van der Waals surface area contributed by atoms with E-state index in [0.717, 1.165) is 12.1 Å². The Kier molecular flexibility index (Phi) is 7.07. The number of urea groups is 1. The van der Waals surface area contributed by atoms with Gasteiger partial charge in [0.05, 0.1) is 18.4 Å². The monoisotopic (exact) mass is 550 g/mol. The number of carbonyl (C=O) groups excluding carboxylic acids is 2. The van der Waals surface area contributed by atoms with Crippen molar-refractivity contribution in [1.82, 2.24) is 5.32 Å². The third-order valence-corrected chi connectivity index (χ3v) is 6.28. The molecule has 4 rings (SSSR count). The van der Waals surface area contributed by atoms with Crippen LogP contribution in [0.1, 0.15) is 22.3 Å². The molecule has 0 bridgehead atoms. The number of carboxylic acid groups (broad SMARTS) is 1. The van der Waals surface area contributed by atoms with Gasteiger partial charge < -0.3 is 15.2 Å². The average molecular weight is 551 g/mol. The lowest BCUT2D eigenvalue weighted by Gasteiger charge is -2.24. The number of amides is 3. The van der Waals surface area contributed by atoms with E-state index in [1.54, 1.807) is 30.3 Å². The molecule has 7 nitrogen and oxygen atoms in total. The molecule has 1 aliphatic heterocycles. The second-order valence-electron chi connectivity index (χ2n) is 8.40. The molecule has 3 aromatic carbocycles. The van der Waals surface area contributed by atoms with Gasteiger partial charge in [0, 0.05) is 22.6 Å². The lowest BCUT2D eigenvalue weighted by atomic mass is 9.88. The number of ether oxygens (including phenoxy) is 1. The Morgan fingerprint density at radius 1 is 1.08 bits per heavy atom. The first kappa shape index (κ1) is 26.9. The highest BCUT2D eigenvalue weighted by atomic mass is 35.5.